The highest BCUT2D eigenvalue weighted by Gasteiger charge is 2.19. The molecule has 0 spiro atoms. The fourth-order valence-corrected chi connectivity index (χ4v) is 3.80. The topological polar surface area (TPSA) is 51.9 Å². The molecule has 1 amide bonds. The van der Waals surface area contributed by atoms with Crippen LogP contribution in [0, 0.1) is 0 Å². The lowest BCUT2D eigenvalue weighted by Gasteiger charge is -2.18. The van der Waals surface area contributed by atoms with E-state index >= 15 is 0 Å². The smallest absolute Gasteiger partial charge is 0.253 e. The van der Waals surface area contributed by atoms with E-state index in [-0.39, 0.29) is 12.0 Å². The molecule has 152 valence electrons. The summed E-state index contributed by atoms with van der Waals surface area (Å²) in [6.07, 6.45) is 3.12. The van der Waals surface area contributed by atoms with Crippen LogP contribution in [0.5, 0.6) is 5.75 Å². The molecule has 1 atom stereocenters. The van der Waals surface area contributed by atoms with E-state index in [2.05, 4.69) is 6.92 Å². The predicted molar refractivity (Wildman–Crippen MR) is 112 cm³/mol. The van der Waals surface area contributed by atoms with Crippen LogP contribution in [0.2, 0.25) is 0 Å². The molecule has 29 heavy (non-hydrogen) atoms. The number of amides is 1. The summed E-state index contributed by atoms with van der Waals surface area (Å²) in [5.74, 6) is 1.67. The van der Waals surface area contributed by atoms with Crippen LogP contribution in [0.4, 0.5) is 0 Å². The molecule has 0 N–H and O–H groups in total. The van der Waals surface area contributed by atoms with Gasteiger partial charge < -0.3 is 18.8 Å². The van der Waals surface area contributed by atoms with Gasteiger partial charge in [-0.15, -0.1) is 0 Å². The van der Waals surface area contributed by atoms with Gasteiger partial charge in [0.2, 0.25) is 0 Å². The van der Waals surface area contributed by atoms with Gasteiger partial charge in [0.05, 0.1) is 6.10 Å². The minimum atomic E-state index is -0.0250. The van der Waals surface area contributed by atoms with E-state index in [1.165, 1.54) is 0 Å². The number of rotatable bonds is 7. The zero-order valence-electron chi connectivity index (χ0n) is 17.0. The molecule has 4 rings (SSSR count). The van der Waals surface area contributed by atoms with Gasteiger partial charge in [-0.25, -0.2) is 0 Å². The highest BCUT2D eigenvalue weighted by atomic mass is 16.5. The van der Waals surface area contributed by atoms with Crippen molar-refractivity contribution in [3.05, 3.63) is 65.4 Å². The fraction of sp³-hybridized carbons (Fsp3) is 0.375. The van der Waals surface area contributed by atoms with Crippen LogP contribution < -0.4 is 4.74 Å². The molecule has 0 saturated carbocycles. The zero-order chi connectivity index (χ0) is 20.2. The summed E-state index contributed by atoms with van der Waals surface area (Å²) in [5.41, 5.74) is 2.59. The number of hydrogen-bond acceptors (Lipinski definition) is 4. The Morgan fingerprint density at radius 1 is 1.17 bits per heavy atom. The summed E-state index contributed by atoms with van der Waals surface area (Å²) in [4.78, 5) is 14.7. The maximum Gasteiger partial charge on any atom is 0.253 e. The van der Waals surface area contributed by atoms with Crippen molar-refractivity contribution in [1.29, 1.82) is 0 Å². The van der Waals surface area contributed by atoms with E-state index in [4.69, 9.17) is 13.9 Å². The molecule has 1 unspecified atom stereocenters. The largest absolute Gasteiger partial charge is 0.491 e. The number of carbonyl (C=O) groups excluding carboxylic acids is 1. The van der Waals surface area contributed by atoms with E-state index in [1.807, 2.05) is 55.6 Å². The maximum absolute atomic E-state index is 12.9. The molecule has 3 aromatic rings. The third-order valence-corrected chi connectivity index (χ3v) is 5.41. The molecule has 5 nitrogen and oxygen atoms in total. The molecule has 1 aliphatic heterocycles. The Morgan fingerprint density at radius 3 is 2.69 bits per heavy atom. The second-order valence-electron chi connectivity index (χ2n) is 7.49. The van der Waals surface area contributed by atoms with E-state index in [0.29, 0.717) is 18.7 Å². The summed E-state index contributed by atoms with van der Waals surface area (Å²) >= 11 is 0. The second-order valence-corrected chi connectivity index (χ2v) is 7.49. The van der Waals surface area contributed by atoms with Gasteiger partial charge in [-0.3, -0.25) is 4.79 Å². The van der Waals surface area contributed by atoms with Gasteiger partial charge in [0.1, 0.15) is 23.7 Å². The highest BCUT2D eigenvalue weighted by molar-refractivity contribution is 5.94. The Morgan fingerprint density at radius 2 is 1.97 bits per heavy atom. The Hall–Kier alpha value is -2.79. The Kier molecular flexibility index (Phi) is 5.86. The first-order chi connectivity index (χ1) is 14.2. The molecule has 0 bridgehead atoms. The molecular weight excluding hydrogens is 366 g/mol. The number of hydrogen-bond donors (Lipinski definition) is 0. The maximum atomic E-state index is 12.9. The number of nitrogens with zero attached hydrogens (tertiary/aromatic N) is 1. The third-order valence-electron chi connectivity index (χ3n) is 5.41. The highest BCUT2D eigenvalue weighted by Crippen LogP contribution is 2.28. The van der Waals surface area contributed by atoms with Gasteiger partial charge in [-0.05, 0) is 43.2 Å². The van der Waals surface area contributed by atoms with E-state index in [9.17, 15) is 4.79 Å². The summed E-state index contributed by atoms with van der Waals surface area (Å²) in [5, 5.41) is 1.07. The zero-order valence-corrected chi connectivity index (χ0v) is 17.0. The molecule has 2 heterocycles. The standard InChI is InChI=1S/C24H27NO4/c1-3-22-21(20-8-4-5-9-23(20)29-22)15-25(2)24(26)17-10-12-18(13-11-17)28-16-19-7-6-14-27-19/h4-5,8-13,19H,3,6-7,14-16H2,1-2H3. The van der Waals surface area contributed by atoms with Crippen molar-refractivity contribution in [3.8, 4) is 5.75 Å². The lowest BCUT2D eigenvalue weighted by molar-refractivity contribution is 0.0679. The minimum Gasteiger partial charge on any atom is -0.491 e. The van der Waals surface area contributed by atoms with Crippen molar-refractivity contribution in [2.45, 2.75) is 38.8 Å². The summed E-state index contributed by atoms with van der Waals surface area (Å²) in [7, 11) is 1.82. The van der Waals surface area contributed by atoms with Crippen LogP contribution in [0.1, 0.15) is 41.4 Å². The van der Waals surface area contributed by atoms with Crippen molar-refractivity contribution in [1.82, 2.24) is 4.90 Å². The van der Waals surface area contributed by atoms with Crippen LogP contribution in [0.3, 0.4) is 0 Å². The summed E-state index contributed by atoms with van der Waals surface area (Å²) < 4.78 is 17.3. The SMILES string of the molecule is CCc1oc2ccccc2c1CN(C)C(=O)c1ccc(OCC2CCCO2)cc1. The number of furan rings is 1. The third kappa shape index (κ3) is 4.30. The first kappa shape index (κ1) is 19.5. The first-order valence-electron chi connectivity index (χ1n) is 10.2. The van der Waals surface area contributed by atoms with Gasteiger partial charge >= 0.3 is 0 Å². The first-order valence-corrected chi connectivity index (χ1v) is 10.2. The molecule has 1 aromatic heterocycles. The van der Waals surface area contributed by atoms with Crippen molar-refractivity contribution in [2.75, 3.05) is 20.3 Å². The van der Waals surface area contributed by atoms with Crippen LogP contribution in [0.15, 0.2) is 52.9 Å². The van der Waals surface area contributed by atoms with Gasteiger partial charge in [-0.1, -0.05) is 25.1 Å². The lowest BCUT2D eigenvalue weighted by atomic mass is 10.1. The Balaban J connectivity index is 1.42. The summed E-state index contributed by atoms with van der Waals surface area (Å²) in [6.45, 7) is 3.95. The average molecular weight is 393 g/mol. The number of benzene rings is 2. The molecular formula is C24H27NO4. The fourth-order valence-electron chi connectivity index (χ4n) is 3.80. The Labute approximate surface area is 171 Å². The molecule has 1 fully saturated rings. The average Bonchev–Trinajstić information content (AvgIpc) is 3.40. The summed E-state index contributed by atoms with van der Waals surface area (Å²) in [6, 6.07) is 15.3. The lowest BCUT2D eigenvalue weighted by Crippen LogP contribution is -2.26. The minimum absolute atomic E-state index is 0.0250. The van der Waals surface area contributed by atoms with E-state index in [0.717, 1.165) is 53.9 Å². The molecule has 2 aromatic carbocycles. The van der Waals surface area contributed by atoms with Crippen LogP contribution in [-0.2, 0) is 17.7 Å². The van der Waals surface area contributed by atoms with E-state index in [1.54, 1.807) is 4.90 Å². The second kappa shape index (κ2) is 8.70. The monoisotopic (exact) mass is 393 g/mol. The molecule has 5 heteroatoms. The number of fused-ring (bicyclic) bond motifs is 1. The van der Waals surface area contributed by atoms with Crippen molar-refractivity contribution in [2.24, 2.45) is 0 Å². The predicted octanol–water partition coefficient (Wildman–Crippen LogP) is 4.83. The van der Waals surface area contributed by atoms with Gasteiger partial charge in [0.25, 0.3) is 5.91 Å². The molecule has 1 aliphatic rings. The molecule has 0 radical (unpaired) electrons. The molecule has 0 aliphatic carbocycles. The number of aryl methyl sites for hydroxylation is 1. The number of para-hydroxylation sites is 1. The van der Waals surface area contributed by atoms with E-state index < -0.39 is 0 Å². The van der Waals surface area contributed by atoms with Crippen molar-refractivity contribution < 1.29 is 18.7 Å². The number of ether oxygens (including phenoxy) is 2. The molecule has 1 saturated heterocycles. The van der Waals surface area contributed by atoms with Crippen LogP contribution >= 0.6 is 0 Å². The van der Waals surface area contributed by atoms with Gasteiger partial charge in [0, 0.05) is 43.1 Å². The van der Waals surface area contributed by atoms with Crippen LogP contribution in [0.25, 0.3) is 11.0 Å². The Bertz CT molecular complexity index is 970. The number of carbonyl (C=O) groups is 1. The normalized spacial score (nSPS) is 16.3. The quantitative estimate of drug-likeness (QED) is 0.577. The van der Waals surface area contributed by atoms with Crippen molar-refractivity contribution >= 4 is 16.9 Å². The van der Waals surface area contributed by atoms with Gasteiger partial charge in [0.15, 0.2) is 0 Å². The van der Waals surface area contributed by atoms with Crippen LogP contribution in [-0.4, -0.2) is 37.2 Å². The van der Waals surface area contributed by atoms with Gasteiger partial charge in [-0.2, -0.15) is 0 Å². The van der Waals surface area contributed by atoms with Crippen molar-refractivity contribution in [3.63, 3.8) is 0 Å².